The molecular weight excluding hydrogens is 219 g/mol. The molecule has 0 radical (unpaired) electrons. The van der Waals surface area contributed by atoms with E-state index < -0.39 is 0 Å². The molecule has 0 bridgehead atoms. The van der Waals surface area contributed by atoms with Crippen LogP contribution in [0.25, 0.3) is 0 Å². The van der Waals surface area contributed by atoms with E-state index in [1.54, 1.807) is 31.0 Å². The number of anilines is 1. The molecule has 2 heterocycles. The number of hydrogen-bond acceptors (Lipinski definition) is 4. The first-order valence-corrected chi connectivity index (χ1v) is 5.18. The summed E-state index contributed by atoms with van der Waals surface area (Å²) in [5, 5.41) is 0. The van der Waals surface area contributed by atoms with Crippen LogP contribution in [0.15, 0.2) is 41.8 Å². The van der Waals surface area contributed by atoms with Gasteiger partial charge in [0.2, 0.25) is 0 Å². The van der Waals surface area contributed by atoms with E-state index in [2.05, 4.69) is 15.0 Å². The molecule has 0 spiro atoms. The van der Waals surface area contributed by atoms with Crippen LogP contribution in [-0.4, -0.2) is 16.3 Å². The van der Waals surface area contributed by atoms with Gasteiger partial charge < -0.3 is 4.90 Å². The number of rotatable bonds is 1. The second kappa shape index (κ2) is 3.93. The van der Waals surface area contributed by atoms with Crippen LogP contribution in [0.4, 0.5) is 15.9 Å². The van der Waals surface area contributed by atoms with Crippen molar-refractivity contribution in [2.45, 2.75) is 6.54 Å². The highest BCUT2D eigenvalue weighted by molar-refractivity contribution is 5.82. The molecule has 4 nitrogen and oxygen atoms in total. The summed E-state index contributed by atoms with van der Waals surface area (Å²) in [5.74, 6) is 0.450. The standard InChI is InChI=1S/C12H9FN4/c13-10-1-2-11-9(5-10)7-17(8-16-11)12-6-14-3-4-15-12/h1-6,8H,7H2. The first kappa shape index (κ1) is 9.89. The second-order valence-corrected chi connectivity index (χ2v) is 3.71. The van der Waals surface area contributed by atoms with Gasteiger partial charge in [0, 0.05) is 18.0 Å². The molecule has 1 aliphatic heterocycles. The third kappa shape index (κ3) is 1.87. The minimum Gasteiger partial charge on any atom is -0.311 e. The minimum atomic E-state index is -0.250. The molecule has 1 aliphatic rings. The highest BCUT2D eigenvalue weighted by Crippen LogP contribution is 2.26. The fourth-order valence-electron chi connectivity index (χ4n) is 1.74. The Bertz CT molecular complexity index is 568. The third-order valence-corrected chi connectivity index (χ3v) is 2.56. The smallest absolute Gasteiger partial charge is 0.152 e. The number of halogens is 1. The zero-order valence-corrected chi connectivity index (χ0v) is 8.92. The minimum absolute atomic E-state index is 0.250. The average Bonchev–Trinajstić information content (AvgIpc) is 2.39. The van der Waals surface area contributed by atoms with E-state index in [1.807, 2.05) is 4.90 Å². The summed E-state index contributed by atoms with van der Waals surface area (Å²) in [6.07, 6.45) is 6.56. The lowest BCUT2D eigenvalue weighted by Gasteiger charge is -2.22. The SMILES string of the molecule is Fc1ccc2c(c1)CN(c1cnccn1)C=N2. The van der Waals surface area contributed by atoms with E-state index in [1.165, 1.54) is 12.1 Å². The molecule has 3 rings (SSSR count). The van der Waals surface area contributed by atoms with Crippen molar-refractivity contribution in [1.82, 2.24) is 9.97 Å². The van der Waals surface area contributed by atoms with Crippen LogP contribution < -0.4 is 4.90 Å². The Morgan fingerprint density at radius 2 is 2.18 bits per heavy atom. The Balaban J connectivity index is 1.95. The Morgan fingerprint density at radius 1 is 1.24 bits per heavy atom. The molecule has 17 heavy (non-hydrogen) atoms. The quantitative estimate of drug-likeness (QED) is 0.752. The Kier molecular flexibility index (Phi) is 2.29. The van der Waals surface area contributed by atoms with Crippen LogP contribution in [0.3, 0.4) is 0 Å². The number of nitrogens with zero attached hydrogens (tertiary/aromatic N) is 4. The topological polar surface area (TPSA) is 41.4 Å². The lowest BCUT2D eigenvalue weighted by molar-refractivity contribution is 0.625. The van der Waals surface area contributed by atoms with Gasteiger partial charge in [-0.05, 0) is 18.2 Å². The number of fused-ring (bicyclic) bond motifs is 1. The molecule has 0 N–H and O–H groups in total. The third-order valence-electron chi connectivity index (χ3n) is 2.56. The first-order valence-electron chi connectivity index (χ1n) is 5.18. The van der Waals surface area contributed by atoms with E-state index in [-0.39, 0.29) is 5.82 Å². The molecular formula is C12H9FN4. The summed E-state index contributed by atoms with van der Waals surface area (Å²) in [5.41, 5.74) is 1.64. The average molecular weight is 228 g/mol. The van der Waals surface area contributed by atoms with E-state index in [9.17, 15) is 4.39 Å². The zero-order valence-electron chi connectivity index (χ0n) is 8.92. The summed E-state index contributed by atoms with van der Waals surface area (Å²) in [4.78, 5) is 14.3. The van der Waals surface area contributed by atoms with Gasteiger partial charge >= 0.3 is 0 Å². The van der Waals surface area contributed by atoms with E-state index >= 15 is 0 Å². The van der Waals surface area contributed by atoms with Crippen LogP contribution >= 0.6 is 0 Å². The second-order valence-electron chi connectivity index (χ2n) is 3.71. The van der Waals surface area contributed by atoms with Crippen molar-refractivity contribution < 1.29 is 4.39 Å². The van der Waals surface area contributed by atoms with Gasteiger partial charge in [0.15, 0.2) is 5.82 Å². The molecule has 84 valence electrons. The number of aliphatic imine (C=N–C) groups is 1. The molecule has 1 aromatic carbocycles. The predicted octanol–water partition coefficient (Wildman–Crippen LogP) is 2.30. The van der Waals surface area contributed by atoms with Crippen molar-refractivity contribution in [3.05, 3.63) is 48.2 Å². The summed E-state index contributed by atoms with van der Waals surface area (Å²) < 4.78 is 13.1. The highest BCUT2D eigenvalue weighted by Gasteiger charge is 2.14. The molecule has 0 unspecified atom stereocenters. The van der Waals surface area contributed by atoms with Gasteiger partial charge in [-0.1, -0.05) is 0 Å². The van der Waals surface area contributed by atoms with E-state index in [0.29, 0.717) is 12.4 Å². The van der Waals surface area contributed by atoms with Crippen LogP contribution in [0.1, 0.15) is 5.56 Å². The molecule has 0 amide bonds. The van der Waals surface area contributed by atoms with Gasteiger partial charge in [-0.3, -0.25) is 4.98 Å². The maximum absolute atomic E-state index is 13.1. The Hall–Kier alpha value is -2.30. The fraction of sp³-hybridized carbons (Fsp3) is 0.0833. The molecule has 1 aromatic heterocycles. The number of hydrogen-bond donors (Lipinski definition) is 0. The molecule has 5 heteroatoms. The van der Waals surface area contributed by atoms with Gasteiger partial charge in [-0.25, -0.2) is 14.4 Å². The predicted molar refractivity (Wildman–Crippen MR) is 62.8 cm³/mol. The lowest BCUT2D eigenvalue weighted by Crippen LogP contribution is -2.24. The van der Waals surface area contributed by atoms with Crippen molar-refractivity contribution in [1.29, 1.82) is 0 Å². The van der Waals surface area contributed by atoms with E-state index in [4.69, 9.17) is 0 Å². The maximum Gasteiger partial charge on any atom is 0.152 e. The number of benzene rings is 1. The van der Waals surface area contributed by atoms with Gasteiger partial charge in [-0.15, -0.1) is 0 Å². The Labute approximate surface area is 97.5 Å². The largest absolute Gasteiger partial charge is 0.311 e. The lowest BCUT2D eigenvalue weighted by atomic mass is 10.1. The van der Waals surface area contributed by atoms with Gasteiger partial charge in [0.1, 0.15) is 5.82 Å². The molecule has 0 atom stereocenters. The fourth-order valence-corrected chi connectivity index (χ4v) is 1.74. The summed E-state index contributed by atoms with van der Waals surface area (Å²) in [6.45, 7) is 0.551. The maximum atomic E-state index is 13.1. The molecule has 2 aromatic rings. The highest BCUT2D eigenvalue weighted by atomic mass is 19.1. The van der Waals surface area contributed by atoms with Crippen molar-refractivity contribution in [2.24, 2.45) is 4.99 Å². The van der Waals surface area contributed by atoms with Gasteiger partial charge in [0.25, 0.3) is 0 Å². The summed E-state index contributed by atoms with van der Waals surface area (Å²) >= 11 is 0. The van der Waals surface area contributed by atoms with Gasteiger partial charge in [0.05, 0.1) is 24.8 Å². The van der Waals surface area contributed by atoms with Crippen molar-refractivity contribution in [3.8, 4) is 0 Å². The Morgan fingerprint density at radius 3 is 3.00 bits per heavy atom. The van der Waals surface area contributed by atoms with E-state index in [0.717, 1.165) is 11.3 Å². The van der Waals surface area contributed by atoms with Crippen LogP contribution in [-0.2, 0) is 6.54 Å². The molecule has 0 saturated heterocycles. The van der Waals surface area contributed by atoms with Crippen LogP contribution in [0, 0.1) is 5.82 Å². The monoisotopic (exact) mass is 228 g/mol. The molecule has 0 saturated carbocycles. The molecule has 0 aliphatic carbocycles. The summed E-state index contributed by atoms with van der Waals surface area (Å²) in [7, 11) is 0. The normalized spacial score (nSPS) is 13.6. The zero-order chi connectivity index (χ0) is 11.7. The summed E-state index contributed by atoms with van der Waals surface area (Å²) in [6, 6.07) is 4.58. The van der Waals surface area contributed by atoms with Crippen molar-refractivity contribution in [3.63, 3.8) is 0 Å². The van der Waals surface area contributed by atoms with Crippen LogP contribution in [0.2, 0.25) is 0 Å². The first-order chi connectivity index (χ1) is 8.33. The van der Waals surface area contributed by atoms with Crippen molar-refractivity contribution in [2.75, 3.05) is 4.90 Å². The van der Waals surface area contributed by atoms with Crippen molar-refractivity contribution >= 4 is 17.8 Å². The van der Waals surface area contributed by atoms with Crippen LogP contribution in [0.5, 0.6) is 0 Å². The van der Waals surface area contributed by atoms with Gasteiger partial charge in [-0.2, -0.15) is 0 Å². The molecule has 0 fully saturated rings. The number of aromatic nitrogens is 2.